The normalized spacial score (nSPS) is 13.3. The zero-order valence-electron chi connectivity index (χ0n) is 13.5. The van der Waals surface area contributed by atoms with E-state index in [0.29, 0.717) is 19.3 Å². The first-order valence-corrected chi connectivity index (χ1v) is 7.57. The second kappa shape index (κ2) is 5.87. The van der Waals surface area contributed by atoms with E-state index in [1.807, 2.05) is 32.0 Å². The van der Waals surface area contributed by atoms with Gasteiger partial charge in [0.1, 0.15) is 5.76 Å². The zero-order chi connectivity index (χ0) is 16.6. The van der Waals surface area contributed by atoms with Gasteiger partial charge in [0.2, 0.25) is 11.8 Å². The van der Waals surface area contributed by atoms with Crippen LogP contribution in [0, 0.1) is 13.8 Å². The summed E-state index contributed by atoms with van der Waals surface area (Å²) >= 11 is 0. The highest BCUT2D eigenvalue weighted by atomic mass is 16.5. The third-order valence-corrected chi connectivity index (χ3v) is 4.22. The van der Waals surface area contributed by atoms with Gasteiger partial charge in [0.25, 0.3) is 0 Å². The van der Waals surface area contributed by atoms with Crippen LogP contribution in [-0.4, -0.2) is 24.0 Å². The maximum atomic E-state index is 12.1. The van der Waals surface area contributed by atoms with E-state index in [4.69, 9.17) is 4.52 Å². The van der Waals surface area contributed by atoms with Gasteiger partial charge >= 0.3 is 0 Å². The summed E-state index contributed by atoms with van der Waals surface area (Å²) in [6, 6.07) is 5.55. The monoisotopic (exact) mass is 313 g/mol. The van der Waals surface area contributed by atoms with Crippen LogP contribution in [0.25, 0.3) is 0 Å². The lowest BCUT2D eigenvalue weighted by Gasteiger charge is -2.11. The van der Waals surface area contributed by atoms with E-state index in [1.54, 1.807) is 11.9 Å². The van der Waals surface area contributed by atoms with Crippen molar-refractivity contribution in [2.45, 2.75) is 33.1 Å². The fourth-order valence-electron chi connectivity index (χ4n) is 2.87. The molecule has 120 valence electrons. The minimum absolute atomic E-state index is 0.0670. The van der Waals surface area contributed by atoms with Crippen molar-refractivity contribution in [3.05, 3.63) is 40.8 Å². The summed E-state index contributed by atoms with van der Waals surface area (Å²) in [7, 11) is 1.76. The van der Waals surface area contributed by atoms with Crippen LogP contribution in [-0.2, 0) is 22.4 Å². The maximum absolute atomic E-state index is 12.1. The van der Waals surface area contributed by atoms with Gasteiger partial charge in [-0.1, -0.05) is 5.16 Å². The van der Waals surface area contributed by atoms with Gasteiger partial charge in [-0.15, -0.1) is 0 Å². The molecule has 0 atom stereocenters. The molecule has 0 saturated heterocycles. The molecule has 0 spiro atoms. The highest BCUT2D eigenvalue weighted by Crippen LogP contribution is 2.30. The molecule has 0 unspecified atom stereocenters. The molecule has 6 heteroatoms. The molecule has 23 heavy (non-hydrogen) atoms. The smallest absolute Gasteiger partial charge is 0.231 e. The summed E-state index contributed by atoms with van der Waals surface area (Å²) in [5.74, 6) is 0.763. The number of likely N-dealkylation sites (N-methyl/N-ethyl adjacent to an activating group) is 1. The molecular formula is C17H19N3O3. The van der Waals surface area contributed by atoms with Gasteiger partial charge in [-0.05, 0) is 44.0 Å². The lowest BCUT2D eigenvalue weighted by Crippen LogP contribution is -2.20. The Bertz CT molecular complexity index is 760. The van der Waals surface area contributed by atoms with Crippen LogP contribution in [0.15, 0.2) is 22.7 Å². The number of benzene rings is 1. The molecule has 2 aromatic rings. The Morgan fingerprint density at radius 1 is 1.39 bits per heavy atom. The number of aromatic nitrogens is 1. The van der Waals surface area contributed by atoms with Crippen molar-refractivity contribution in [3.8, 4) is 0 Å². The van der Waals surface area contributed by atoms with Crippen molar-refractivity contribution >= 4 is 23.2 Å². The number of anilines is 2. The van der Waals surface area contributed by atoms with E-state index < -0.39 is 0 Å². The molecule has 1 aromatic carbocycles. The predicted molar refractivity (Wildman–Crippen MR) is 86.5 cm³/mol. The summed E-state index contributed by atoms with van der Waals surface area (Å²) in [5.41, 5.74) is 4.39. The highest BCUT2D eigenvalue weighted by Gasteiger charge is 2.24. The molecule has 1 N–H and O–H groups in total. The number of aryl methyl sites for hydroxylation is 2. The van der Waals surface area contributed by atoms with E-state index in [0.717, 1.165) is 34.0 Å². The summed E-state index contributed by atoms with van der Waals surface area (Å²) in [6.07, 6.45) is 1.34. The quantitative estimate of drug-likeness (QED) is 0.940. The molecule has 0 bridgehead atoms. The summed E-state index contributed by atoms with van der Waals surface area (Å²) in [5, 5.41) is 6.77. The fourth-order valence-corrected chi connectivity index (χ4v) is 2.87. The van der Waals surface area contributed by atoms with Crippen LogP contribution in [0.3, 0.4) is 0 Å². The number of hydrogen-bond donors (Lipinski definition) is 1. The van der Waals surface area contributed by atoms with Crippen LogP contribution in [0.2, 0.25) is 0 Å². The van der Waals surface area contributed by atoms with Crippen molar-refractivity contribution in [3.63, 3.8) is 0 Å². The van der Waals surface area contributed by atoms with E-state index in [-0.39, 0.29) is 11.8 Å². The molecular weight excluding hydrogens is 294 g/mol. The second-order valence-electron chi connectivity index (χ2n) is 5.82. The Hall–Kier alpha value is -2.63. The average Bonchev–Trinajstić information content (AvgIpc) is 2.97. The molecule has 2 heterocycles. The number of fused-ring (bicyclic) bond motifs is 1. The first-order valence-electron chi connectivity index (χ1n) is 7.57. The predicted octanol–water partition coefficient (Wildman–Crippen LogP) is 2.38. The van der Waals surface area contributed by atoms with Gasteiger partial charge in [0, 0.05) is 30.4 Å². The standard InChI is InChI=1S/C17H19N3O3/c1-10-14(11(2)23-19-10)5-7-16(21)18-13-4-6-15-12(8-13)9-17(22)20(15)3/h4,6,8H,5,7,9H2,1-3H3,(H,18,21). The van der Waals surface area contributed by atoms with Gasteiger partial charge in [0.15, 0.2) is 0 Å². The third kappa shape index (κ3) is 2.97. The average molecular weight is 313 g/mol. The van der Waals surface area contributed by atoms with E-state index in [2.05, 4.69) is 10.5 Å². The molecule has 0 aliphatic carbocycles. The number of carbonyl (C=O) groups excluding carboxylic acids is 2. The van der Waals surface area contributed by atoms with E-state index in [9.17, 15) is 9.59 Å². The third-order valence-electron chi connectivity index (χ3n) is 4.22. The van der Waals surface area contributed by atoms with Crippen molar-refractivity contribution in [2.75, 3.05) is 17.3 Å². The molecule has 0 saturated carbocycles. The van der Waals surface area contributed by atoms with E-state index >= 15 is 0 Å². The summed E-state index contributed by atoms with van der Waals surface area (Å²) in [6.45, 7) is 3.72. The Kier molecular flexibility index (Phi) is 3.90. The Morgan fingerprint density at radius 3 is 2.87 bits per heavy atom. The molecule has 2 amide bonds. The number of carbonyl (C=O) groups is 2. The Morgan fingerprint density at radius 2 is 2.17 bits per heavy atom. The van der Waals surface area contributed by atoms with Crippen molar-refractivity contribution in [2.24, 2.45) is 0 Å². The van der Waals surface area contributed by atoms with Gasteiger partial charge < -0.3 is 14.7 Å². The number of amides is 2. The molecule has 1 aromatic heterocycles. The minimum atomic E-state index is -0.0670. The largest absolute Gasteiger partial charge is 0.361 e. The molecule has 0 fully saturated rings. The SMILES string of the molecule is Cc1noc(C)c1CCC(=O)Nc1ccc2c(c1)CC(=O)N2C. The van der Waals surface area contributed by atoms with Gasteiger partial charge in [-0.3, -0.25) is 9.59 Å². The molecule has 0 radical (unpaired) electrons. The van der Waals surface area contributed by atoms with Crippen LogP contribution in [0.4, 0.5) is 11.4 Å². The second-order valence-corrected chi connectivity index (χ2v) is 5.82. The van der Waals surface area contributed by atoms with Gasteiger partial charge in [-0.2, -0.15) is 0 Å². The maximum Gasteiger partial charge on any atom is 0.231 e. The number of rotatable bonds is 4. The van der Waals surface area contributed by atoms with Crippen LogP contribution < -0.4 is 10.2 Å². The van der Waals surface area contributed by atoms with Crippen molar-refractivity contribution in [1.82, 2.24) is 5.16 Å². The first kappa shape index (κ1) is 15.3. The van der Waals surface area contributed by atoms with Gasteiger partial charge in [0.05, 0.1) is 12.1 Å². The lowest BCUT2D eigenvalue weighted by atomic mass is 10.1. The molecule has 3 rings (SSSR count). The molecule has 1 aliphatic rings. The van der Waals surface area contributed by atoms with Crippen molar-refractivity contribution < 1.29 is 14.1 Å². The number of nitrogens with zero attached hydrogens (tertiary/aromatic N) is 2. The van der Waals surface area contributed by atoms with Crippen LogP contribution in [0.1, 0.15) is 29.0 Å². The molecule has 1 aliphatic heterocycles. The lowest BCUT2D eigenvalue weighted by molar-refractivity contribution is -0.117. The Balaban J connectivity index is 1.63. The number of hydrogen-bond acceptors (Lipinski definition) is 4. The molecule has 6 nitrogen and oxygen atoms in total. The van der Waals surface area contributed by atoms with Crippen molar-refractivity contribution in [1.29, 1.82) is 0 Å². The Labute approximate surface area is 134 Å². The highest BCUT2D eigenvalue weighted by molar-refractivity contribution is 6.02. The van der Waals surface area contributed by atoms with Crippen LogP contribution >= 0.6 is 0 Å². The number of nitrogens with one attached hydrogen (secondary N) is 1. The fraction of sp³-hybridized carbons (Fsp3) is 0.353. The first-order chi connectivity index (χ1) is 11.0. The minimum Gasteiger partial charge on any atom is -0.361 e. The van der Waals surface area contributed by atoms with Gasteiger partial charge in [-0.25, -0.2) is 0 Å². The topological polar surface area (TPSA) is 75.4 Å². The van der Waals surface area contributed by atoms with Crippen LogP contribution in [0.5, 0.6) is 0 Å². The summed E-state index contributed by atoms with van der Waals surface area (Å²) < 4.78 is 5.10. The zero-order valence-corrected chi connectivity index (χ0v) is 13.5. The summed E-state index contributed by atoms with van der Waals surface area (Å²) in [4.78, 5) is 25.4. The van der Waals surface area contributed by atoms with E-state index in [1.165, 1.54) is 0 Å².